The number of β-amino-alcohol motifs (C(OH)–C–C–N with tert-alkyl or cyclic N) is 1. The first-order chi connectivity index (χ1) is 12.1. The Labute approximate surface area is 145 Å². The van der Waals surface area contributed by atoms with Crippen molar-refractivity contribution in [3.8, 4) is 11.5 Å². The van der Waals surface area contributed by atoms with Crippen LogP contribution in [-0.2, 0) is 4.79 Å². The number of amides is 1. The van der Waals surface area contributed by atoms with E-state index in [4.69, 9.17) is 9.47 Å². The molecular weight excluding hydrogens is 325 g/mol. The van der Waals surface area contributed by atoms with E-state index >= 15 is 0 Å². The molecule has 1 aliphatic rings. The molecule has 0 saturated carbocycles. The monoisotopic (exact) mass is 345 g/mol. The number of benzene rings is 2. The SMILES string of the molecule is O=C(COc1ccccc1F)N1CC[C@](O)(COc2ccccc2)C1. The zero-order chi connectivity index (χ0) is 17.7. The lowest BCUT2D eigenvalue weighted by Gasteiger charge is -2.23. The minimum Gasteiger partial charge on any atom is -0.491 e. The topological polar surface area (TPSA) is 59.0 Å². The van der Waals surface area contributed by atoms with Crippen LogP contribution in [0.2, 0.25) is 0 Å². The summed E-state index contributed by atoms with van der Waals surface area (Å²) >= 11 is 0. The first-order valence-electron chi connectivity index (χ1n) is 8.11. The van der Waals surface area contributed by atoms with Gasteiger partial charge in [0.15, 0.2) is 18.2 Å². The summed E-state index contributed by atoms with van der Waals surface area (Å²) in [6.07, 6.45) is 0.422. The van der Waals surface area contributed by atoms with Gasteiger partial charge in [-0.05, 0) is 30.7 Å². The van der Waals surface area contributed by atoms with Crippen LogP contribution in [-0.4, -0.2) is 47.8 Å². The van der Waals surface area contributed by atoms with Crippen LogP contribution in [0.25, 0.3) is 0 Å². The quantitative estimate of drug-likeness (QED) is 0.872. The van der Waals surface area contributed by atoms with E-state index in [1.54, 1.807) is 12.1 Å². The Balaban J connectivity index is 1.49. The number of hydrogen-bond acceptors (Lipinski definition) is 4. The van der Waals surface area contributed by atoms with E-state index in [0.717, 1.165) is 0 Å². The van der Waals surface area contributed by atoms with Crippen LogP contribution < -0.4 is 9.47 Å². The number of nitrogens with zero attached hydrogens (tertiary/aromatic N) is 1. The summed E-state index contributed by atoms with van der Waals surface area (Å²) in [4.78, 5) is 13.7. The van der Waals surface area contributed by atoms with Crippen LogP contribution in [0.4, 0.5) is 4.39 Å². The van der Waals surface area contributed by atoms with Gasteiger partial charge in [-0.15, -0.1) is 0 Å². The molecule has 0 aromatic heterocycles. The average molecular weight is 345 g/mol. The molecule has 0 bridgehead atoms. The van der Waals surface area contributed by atoms with E-state index in [9.17, 15) is 14.3 Å². The number of carbonyl (C=O) groups excluding carboxylic acids is 1. The van der Waals surface area contributed by atoms with Crippen LogP contribution >= 0.6 is 0 Å². The van der Waals surface area contributed by atoms with E-state index in [-0.39, 0.29) is 31.4 Å². The maximum absolute atomic E-state index is 13.5. The van der Waals surface area contributed by atoms with Crippen molar-refractivity contribution in [2.45, 2.75) is 12.0 Å². The summed E-state index contributed by atoms with van der Waals surface area (Å²) in [5.41, 5.74) is -1.09. The van der Waals surface area contributed by atoms with E-state index in [1.165, 1.54) is 17.0 Å². The molecular formula is C19H20FNO4. The fourth-order valence-corrected chi connectivity index (χ4v) is 2.71. The van der Waals surface area contributed by atoms with E-state index in [2.05, 4.69) is 0 Å². The number of rotatable bonds is 6. The molecule has 1 saturated heterocycles. The van der Waals surface area contributed by atoms with Gasteiger partial charge in [0, 0.05) is 6.54 Å². The van der Waals surface area contributed by atoms with Gasteiger partial charge in [-0.2, -0.15) is 0 Å². The number of ether oxygens (including phenoxy) is 2. The van der Waals surface area contributed by atoms with E-state index in [1.807, 2.05) is 30.3 Å². The van der Waals surface area contributed by atoms with Gasteiger partial charge in [0.2, 0.25) is 0 Å². The zero-order valence-electron chi connectivity index (χ0n) is 13.7. The first-order valence-corrected chi connectivity index (χ1v) is 8.11. The van der Waals surface area contributed by atoms with Crippen molar-refractivity contribution in [2.75, 3.05) is 26.3 Å². The molecule has 1 N–H and O–H groups in total. The van der Waals surface area contributed by atoms with Gasteiger partial charge in [-0.1, -0.05) is 30.3 Å². The van der Waals surface area contributed by atoms with Crippen molar-refractivity contribution in [1.82, 2.24) is 4.90 Å². The summed E-state index contributed by atoms with van der Waals surface area (Å²) in [6.45, 7) is 0.416. The molecule has 5 nitrogen and oxygen atoms in total. The number of carbonyl (C=O) groups is 1. The maximum atomic E-state index is 13.5. The molecule has 0 spiro atoms. The molecule has 1 fully saturated rings. The largest absolute Gasteiger partial charge is 0.491 e. The number of halogens is 1. The number of hydrogen-bond donors (Lipinski definition) is 1. The van der Waals surface area contributed by atoms with Crippen molar-refractivity contribution in [1.29, 1.82) is 0 Å². The van der Waals surface area contributed by atoms with Gasteiger partial charge in [-0.25, -0.2) is 4.39 Å². The van der Waals surface area contributed by atoms with Gasteiger partial charge < -0.3 is 19.5 Å². The van der Waals surface area contributed by atoms with Crippen molar-refractivity contribution in [3.05, 3.63) is 60.4 Å². The van der Waals surface area contributed by atoms with Crippen molar-refractivity contribution in [2.24, 2.45) is 0 Å². The van der Waals surface area contributed by atoms with Crippen molar-refractivity contribution in [3.63, 3.8) is 0 Å². The molecule has 2 aromatic carbocycles. The van der Waals surface area contributed by atoms with Gasteiger partial charge in [0.05, 0.1) is 6.54 Å². The second-order valence-electron chi connectivity index (χ2n) is 6.11. The molecule has 1 aliphatic heterocycles. The molecule has 0 unspecified atom stereocenters. The lowest BCUT2D eigenvalue weighted by atomic mass is 10.1. The Kier molecular flexibility index (Phi) is 5.19. The Hall–Kier alpha value is -2.60. The Morgan fingerprint density at radius 2 is 1.84 bits per heavy atom. The predicted octanol–water partition coefficient (Wildman–Crippen LogP) is 2.25. The summed E-state index contributed by atoms with van der Waals surface area (Å²) in [6, 6.07) is 15.1. The highest BCUT2D eigenvalue weighted by Crippen LogP contribution is 2.23. The summed E-state index contributed by atoms with van der Waals surface area (Å²) in [5.74, 6) is -0.0929. The fourth-order valence-electron chi connectivity index (χ4n) is 2.71. The van der Waals surface area contributed by atoms with Crippen molar-refractivity contribution >= 4 is 5.91 Å². The lowest BCUT2D eigenvalue weighted by molar-refractivity contribution is -0.133. The second kappa shape index (κ2) is 7.53. The van der Waals surface area contributed by atoms with Gasteiger partial charge in [0.25, 0.3) is 5.91 Å². The van der Waals surface area contributed by atoms with Crippen LogP contribution in [0.3, 0.4) is 0 Å². The average Bonchev–Trinajstić information content (AvgIpc) is 3.03. The van der Waals surface area contributed by atoms with Crippen LogP contribution in [0.1, 0.15) is 6.42 Å². The third kappa shape index (κ3) is 4.48. The molecule has 1 atom stereocenters. The van der Waals surface area contributed by atoms with Gasteiger partial charge >= 0.3 is 0 Å². The molecule has 3 rings (SSSR count). The van der Waals surface area contributed by atoms with E-state index in [0.29, 0.717) is 18.7 Å². The van der Waals surface area contributed by atoms with Gasteiger partial charge in [-0.3, -0.25) is 4.79 Å². The third-order valence-corrected chi connectivity index (χ3v) is 4.12. The molecule has 0 radical (unpaired) electrons. The van der Waals surface area contributed by atoms with E-state index < -0.39 is 11.4 Å². The minimum atomic E-state index is -1.09. The molecule has 1 heterocycles. The maximum Gasteiger partial charge on any atom is 0.260 e. The second-order valence-corrected chi connectivity index (χ2v) is 6.11. The van der Waals surface area contributed by atoms with Crippen LogP contribution in [0.15, 0.2) is 54.6 Å². The smallest absolute Gasteiger partial charge is 0.260 e. The Bertz CT molecular complexity index is 724. The highest BCUT2D eigenvalue weighted by atomic mass is 19.1. The summed E-state index contributed by atoms with van der Waals surface area (Å²) < 4.78 is 24.3. The Morgan fingerprint density at radius 3 is 2.60 bits per heavy atom. The third-order valence-electron chi connectivity index (χ3n) is 4.12. The van der Waals surface area contributed by atoms with Gasteiger partial charge in [0.1, 0.15) is 18.0 Å². The highest BCUT2D eigenvalue weighted by molar-refractivity contribution is 5.78. The molecule has 132 valence electrons. The van der Waals surface area contributed by atoms with Crippen LogP contribution in [0.5, 0.6) is 11.5 Å². The minimum absolute atomic E-state index is 0.0396. The summed E-state index contributed by atoms with van der Waals surface area (Å²) in [5, 5.41) is 10.6. The van der Waals surface area contributed by atoms with Crippen LogP contribution in [0, 0.1) is 5.82 Å². The highest BCUT2D eigenvalue weighted by Gasteiger charge is 2.39. The predicted molar refractivity (Wildman–Crippen MR) is 90.0 cm³/mol. The summed E-state index contributed by atoms with van der Waals surface area (Å²) in [7, 11) is 0. The standard InChI is InChI=1S/C19H20FNO4/c20-16-8-4-5-9-17(16)24-12-18(22)21-11-10-19(23,13-21)14-25-15-6-2-1-3-7-15/h1-9,23H,10-14H2/t19-/m1/s1. The number of likely N-dealkylation sites (tertiary alicyclic amines) is 1. The molecule has 25 heavy (non-hydrogen) atoms. The molecule has 2 aromatic rings. The van der Waals surface area contributed by atoms with Crippen molar-refractivity contribution < 1.29 is 23.8 Å². The molecule has 1 amide bonds. The first kappa shape index (κ1) is 17.2. The number of para-hydroxylation sites is 2. The fraction of sp³-hybridized carbons (Fsp3) is 0.316. The molecule has 0 aliphatic carbocycles. The lowest BCUT2D eigenvalue weighted by Crippen LogP contribution is -2.41. The molecule has 6 heteroatoms. The number of aliphatic hydroxyl groups is 1. The normalized spacial score (nSPS) is 19.7. The Morgan fingerprint density at radius 1 is 1.12 bits per heavy atom. The zero-order valence-corrected chi connectivity index (χ0v) is 13.7.